The zero-order valence-corrected chi connectivity index (χ0v) is 15.7. The lowest BCUT2D eigenvalue weighted by molar-refractivity contribution is 0.0703. The maximum absolute atomic E-state index is 12.7. The Morgan fingerprint density at radius 3 is 2.69 bits per heavy atom. The van der Waals surface area contributed by atoms with Crippen LogP contribution in [0, 0.1) is 0 Å². The lowest BCUT2D eigenvalue weighted by atomic mass is 9.89. The van der Waals surface area contributed by atoms with Gasteiger partial charge in [-0.1, -0.05) is 11.6 Å². The molecule has 1 N–H and O–H groups in total. The van der Waals surface area contributed by atoms with Crippen molar-refractivity contribution in [3.8, 4) is 5.75 Å². The van der Waals surface area contributed by atoms with Crippen LogP contribution in [-0.4, -0.2) is 40.6 Å². The van der Waals surface area contributed by atoms with E-state index in [1.54, 1.807) is 23.9 Å². The third kappa shape index (κ3) is 2.97. The van der Waals surface area contributed by atoms with Crippen molar-refractivity contribution in [1.29, 1.82) is 0 Å². The number of nitrogens with zero attached hydrogens (tertiary/aromatic N) is 2. The number of piperidine rings is 1. The molecular formula is C20H22ClN3O2. The van der Waals surface area contributed by atoms with E-state index in [-0.39, 0.29) is 5.91 Å². The van der Waals surface area contributed by atoms with Crippen LogP contribution < -0.4 is 4.74 Å². The summed E-state index contributed by atoms with van der Waals surface area (Å²) in [5, 5.41) is 1.81. The van der Waals surface area contributed by atoms with Crippen LogP contribution in [0.1, 0.15) is 34.8 Å². The molecular weight excluding hydrogens is 350 g/mol. The lowest BCUT2D eigenvalue weighted by Gasteiger charge is -2.32. The SMILES string of the molecule is COc1ccc2[nH]cc(C3CCN(C(=O)c4cc(Cl)cn4C)CC3)c2c1. The number of carbonyl (C=O) groups is 1. The standard InChI is InChI=1S/C20H22ClN3O2/c1-23-12-14(21)9-19(23)20(25)24-7-5-13(6-8-24)17-11-22-18-4-3-15(26-2)10-16(17)18/h3-4,9-13,22H,5-8H2,1-2H3. The first kappa shape index (κ1) is 17.0. The van der Waals surface area contributed by atoms with E-state index in [1.807, 2.05) is 18.0 Å². The van der Waals surface area contributed by atoms with Gasteiger partial charge < -0.3 is 19.2 Å². The van der Waals surface area contributed by atoms with Crippen LogP contribution in [0.15, 0.2) is 36.7 Å². The monoisotopic (exact) mass is 371 g/mol. The molecule has 1 fully saturated rings. The number of halogens is 1. The van der Waals surface area contributed by atoms with Gasteiger partial charge in [-0.05, 0) is 48.6 Å². The number of aromatic nitrogens is 2. The number of amides is 1. The minimum Gasteiger partial charge on any atom is -0.497 e. The summed E-state index contributed by atoms with van der Waals surface area (Å²) >= 11 is 6.01. The fourth-order valence-corrected chi connectivity index (χ4v) is 4.13. The molecule has 5 nitrogen and oxygen atoms in total. The molecule has 1 amide bonds. The Bertz CT molecular complexity index is 951. The van der Waals surface area contributed by atoms with Gasteiger partial charge in [-0.25, -0.2) is 0 Å². The van der Waals surface area contributed by atoms with Crippen molar-refractivity contribution in [3.63, 3.8) is 0 Å². The predicted molar refractivity (Wildman–Crippen MR) is 103 cm³/mol. The highest BCUT2D eigenvalue weighted by atomic mass is 35.5. The highest BCUT2D eigenvalue weighted by Gasteiger charge is 2.27. The number of hydrogen-bond acceptors (Lipinski definition) is 2. The van der Waals surface area contributed by atoms with Gasteiger partial charge in [0.15, 0.2) is 0 Å². The maximum Gasteiger partial charge on any atom is 0.270 e. The van der Waals surface area contributed by atoms with Crippen molar-refractivity contribution in [2.45, 2.75) is 18.8 Å². The van der Waals surface area contributed by atoms with Gasteiger partial charge in [-0.2, -0.15) is 0 Å². The summed E-state index contributed by atoms with van der Waals surface area (Å²) in [6, 6.07) is 7.84. The van der Waals surface area contributed by atoms with Crippen LogP contribution in [-0.2, 0) is 7.05 Å². The van der Waals surface area contributed by atoms with E-state index in [4.69, 9.17) is 16.3 Å². The number of carbonyl (C=O) groups excluding carboxylic acids is 1. The van der Waals surface area contributed by atoms with Crippen LogP contribution in [0.4, 0.5) is 0 Å². The van der Waals surface area contributed by atoms with Gasteiger partial charge in [0.05, 0.1) is 12.1 Å². The first-order chi connectivity index (χ1) is 12.6. The molecule has 2 aromatic heterocycles. The Kier molecular flexibility index (Phi) is 4.41. The van der Waals surface area contributed by atoms with E-state index in [0.29, 0.717) is 16.6 Å². The summed E-state index contributed by atoms with van der Waals surface area (Å²) in [5.74, 6) is 1.36. The molecule has 1 aliphatic rings. The Morgan fingerprint density at radius 2 is 2.04 bits per heavy atom. The summed E-state index contributed by atoms with van der Waals surface area (Å²) in [4.78, 5) is 18.0. The summed E-state index contributed by atoms with van der Waals surface area (Å²) in [7, 11) is 3.54. The molecule has 3 aromatic rings. The molecule has 0 bridgehead atoms. The predicted octanol–water partition coefficient (Wildman–Crippen LogP) is 4.19. The van der Waals surface area contributed by atoms with E-state index in [0.717, 1.165) is 37.2 Å². The van der Waals surface area contributed by atoms with Crippen molar-refractivity contribution >= 4 is 28.4 Å². The molecule has 1 aliphatic heterocycles. The van der Waals surface area contributed by atoms with Gasteiger partial charge in [-0.3, -0.25) is 4.79 Å². The van der Waals surface area contributed by atoms with Crippen LogP contribution in [0.3, 0.4) is 0 Å². The van der Waals surface area contributed by atoms with Crippen molar-refractivity contribution in [2.75, 3.05) is 20.2 Å². The summed E-state index contributed by atoms with van der Waals surface area (Å²) < 4.78 is 7.16. The number of aryl methyl sites for hydroxylation is 1. The highest BCUT2D eigenvalue weighted by molar-refractivity contribution is 6.31. The second-order valence-corrected chi connectivity index (χ2v) is 7.31. The normalized spacial score (nSPS) is 15.6. The molecule has 26 heavy (non-hydrogen) atoms. The third-order valence-electron chi connectivity index (χ3n) is 5.33. The average molecular weight is 372 g/mol. The van der Waals surface area contributed by atoms with Gasteiger partial charge in [-0.15, -0.1) is 0 Å². The first-order valence-electron chi connectivity index (χ1n) is 8.83. The van der Waals surface area contributed by atoms with E-state index in [2.05, 4.69) is 23.3 Å². The average Bonchev–Trinajstić information content (AvgIpc) is 3.23. The third-order valence-corrected chi connectivity index (χ3v) is 5.54. The number of methoxy groups -OCH3 is 1. The molecule has 0 aliphatic carbocycles. The van der Waals surface area contributed by atoms with E-state index in [1.165, 1.54) is 10.9 Å². The fourth-order valence-electron chi connectivity index (χ4n) is 3.88. The zero-order chi connectivity index (χ0) is 18.3. The number of likely N-dealkylation sites (tertiary alicyclic amines) is 1. The molecule has 1 saturated heterocycles. The van der Waals surface area contributed by atoms with Crippen LogP contribution in [0.2, 0.25) is 5.02 Å². The van der Waals surface area contributed by atoms with E-state index < -0.39 is 0 Å². The molecule has 0 unspecified atom stereocenters. The molecule has 0 atom stereocenters. The van der Waals surface area contributed by atoms with Gasteiger partial charge in [0.25, 0.3) is 5.91 Å². The van der Waals surface area contributed by atoms with Gasteiger partial charge >= 0.3 is 0 Å². The maximum atomic E-state index is 12.7. The summed E-state index contributed by atoms with van der Waals surface area (Å²) in [5.41, 5.74) is 3.08. The van der Waals surface area contributed by atoms with Crippen LogP contribution in [0.5, 0.6) is 5.75 Å². The minimum atomic E-state index is 0.0541. The van der Waals surface area contributed by atoms with Gasteiger partial charge in [0.2, 0.25) is 0 Å². The second-order valence-electron chi connectivity index (χ2n) is 6.88. The molecule has 6 heteroatoms. The fraction of sp³-hybridized carbons (Fsp3) is 0.350. The molecule has 136 valence electrons. The molecule has 0 radical (unpaired) electrons. The Labute approximate surface area is 157 Å². The largest absolute Gasteiger partial charge is 0.497 e. The van der Waals surface area contributed by atoms with Crippen molar-refractivity contribution in [2.24, 2.45) is 7.05 Å². The molecule has 0 spiro atoms. The lowest BCUT2D eigenvalue weighted by Crippen LogP contribution is -2.38. The quantitative estimate of drug-likeness (QED) is 0.750. The molecule has 4 rings (SSSR count). The Hall–Kier alpha value is -2.40. The van der Waals surface area contributed by atoms with E-state index in [9.17, 15) is 4.79 Å². The number of nitrogens with one attached hydrogen (secondary N) is 1. The van der Waals surface area contributed by atoms with Crippen molar-refractivity contribution in [1.82, 2.24) is 14.5 Å². The molecule has 3 heterocycles. The molecule has 1 aromatic carbocycles. The number of rotatable bonds is 3. The van der Waals surface area contributed by atoms with Crippen molar-refractivity contribution < 1.29 is 9.53 Å². The number of hydrogen-bond donors (Lipinski definition) is 1. The number of benzene rings is 1. The topological polar surface area (TPSA) is 50.3 Å². The highest BCUT2D eigenvalue weighted by Crippen LogP contribution is 2.35. The smallest absolute Gasteiger partial charge is 0.270 e. The van der Waals surface area contributed by atoms with Crippen LogP contribution >= 0.6 is 11.6 Å². The summed E-state index contributed by atoms with van der Waals surface area (Å²) in [6.07, 6.45) is 5.77. The van der Waals surface area contributed by atoms with Gasteiger partial charge in [0, 0.05) is 43.4 Å². The van der Waals surface area contributed by atoms with Crippen molar-refractivity contribution in [3.05, 3.63) is 52.9 Å². The Balaban J connectivity index is 1.50. The number of H-pyrrole nitrogens is 1. The zero-order valence-electron chi connectivity index (χ0n) is 15.0. The first-order valence-corrected chi connectivity index (χ1v) is 9.21. The van der Waals surface area contributed by atoms with E-state index >= 15 is 0 Å². The molecule has 0 saturated carbocycles. The second kappa shape index (κ2) is 6.72. The summed E-state index contributed by atoms with van der Waals surface area (Å²) in [6.45, 7) is 1.51. The number of aromatic amines is 1. The van der Waals surface area contributed by atoms with Crippen LogP contribution in [0.25, 0.3) is 10.9 Å². The number of fused-ring (bicyclic) bond motifs is 1. The Morgan fingerprint density at radius 1 is 1.27 bits per heavy atom. The minimum absolute atomic E-state index is 0.0541. The number of ether oxygens (including phenoxy) is 1. The van der Waals surface area contributed by atoms with Gasteiger partial charge in [0.1, 0.15) is 11.4 Å².